The van der Waals surface area contributed by atoms with Crippen LogP contribution in [0.3, 0.4) is 0 Å². The maximum atomic E-state index is 13.1. The number of alkyl halides is 3. The molecule has 1 fully saturated rings. The average Bonchev–Trinajstić information content (AvgIpc) is 4.00. The lowest BCUT2D eigenvalue weighted by Gasteiger charge is -2.21. The van der Waals surface area contributed by atoms with Gasteiger partial charge in [0, 0.05) is 50.6 Å². The Labute approximate surface area is 363 Å². The number of piperidine rings is 1. The summed E-state index contributed by atoms with van der Waals surface area (Å²) in [5.41, 5.74) is 9.64. The van der Waals surface area contributed by atoms with Gasteiger partial charge in [-0.2, -0.15) is 18.3 Å². The van der Waals surface area contributed by atoms with Crippen molar-refractivity contribution in [3.63, 3.8) is 0 Å². The van der Waals surface area contributed by atoms with E-state index in [1.54, 1.807) is 7.05 Å². The highest BCUT2D eigenvalue weighted by atomic mass is 19.4. The second kappa shape index (κ2) is 20.1. The number of imidazole rings is 1. The molecule has 7 rings (SSSR count). The van der Waals surface area contributed by atoms with Gasteiger partial charge in [0.2, 0.25) is 17.7 Å². The fourth-order valence-electron chi connectivity index (χ4n) is 7.34. The predicted molar refractivity (Wildman–Crippen MR) is 226 cm³/mol. The molecule has 1 aliphatic heterocycles. The molecule has 4 aromatic heterocycles. The van der Waals surface area contributed by atoms with Crippen LogP contribution in [0.5, 0.6) is 0 Å². The minimum absolute atomic E-state index is 0.000856. The summed E-state index contributed by atoms with van der Waals surface area (Å²) in [5, 5.41) is 9.18. The quantitative estimate of drug-likeness (QED) is 0.0652. The number of carbonyl (C=O) groups is 4. The van der Waals surface area contributed by atoms with Crippen LogP contribution in [0.4, 0.5) is 18.9 Å². The second-order valence-electron chi connectivity index (χ2n) is 15.3. The number of pyridine rings is 1. The van der Waals surface area contributed by atoms with Crippen LogP contribution in [-0.2, 0) is 45.4 Å². The first kappa shape index (κ1) is 45.1. The van der Waals surface area contributed by atoms with Crippen LogP contribution in [0.25, 0.3) is 28.2 Å². The van der Waals surface area contributed by atoms with E-state index in [1.807, 2.05) is 42.5 Å². The van der Waals surface area contributed by atoms with E-state index in [2.05, 4.69) is 25.7 Å². The lowest BCUT2D eigenvalue weighted by Crippen LogP contribution is -2.44. The number of hydrogen-bond acceptors (Lipinski definition) is 11. The molecule has 0 aliphatic carbocycles. The van der Waals surface area contributed by atoms with Gasteiger partial charge in [-0.1, -0.05) is 18.2 Å². The van der Waals surface area contributed by atoms with E-state index in [0.29, 0.717) is 43.2 Å². The number of nitrogens with zero attached hydrogens (tertiary/aromatic N) is 6. The summed E-state index contributed by atoms with van der Waals surface area (Å²) in [4.78, 5) is 70.5. The Morgan fingerprint density at radius 1 is 0.922 bits per heavy atom. The molecule has 0 spiro atoms. The number of amides is 4. The summed E-state index contributed by atoms with van der Waals surface area (Å²) >= 11 is 0. The molecule has 1 unspecified atom stereocenters. The zero-order valence-corrected chi connectivity index (χ0v) is 34.9. The van der Waals surface area contributed by atoms with Crippen molar-refractivity contribution >= 4 is 40.3 Å². The number of benzene rings is 2. The van der Waals surface area contributed by atoms with Gasteiger partial charge in [-0.05, 0) is 92.5 Å². The molecule has 4 N–H and O–H groups in total. The number of hydrogen-bond donors (Lipinski definition) is 3. The van der Waals surface area contributed by atoms with Gasteiger partial charge in [0.05, 0.1) is 41.8 Å². The number of carbonyl (C=O) groups excluding carboxylic acids is 4. The maximum absolute atomic E-state index is 13.1. The number of oxazole rings is 1. The fourth-order valence-corrected chi connectivity index (χ4v) is 7.34. The molecule has 4 amide bonds. The molecule has 2 aromatic carbocycles. The van der Waals surface area contributed by atoms with Crippen LogP contribution in [0, 0.1) is 0 Å². The molecule has 6 aromatic rings. The molecule has 64 heavy (non-hydrogen) atoms. The van der Waals surface area contributed by atoms with Gasteiger partial charge in [0.1, 0.15) is 12.3 Å². The molecule has 5 heterocycles. The van der Waals surface area contributed by atoms with Gasteiger partial charge in [0.25, 0.3) is 11.8 Å². The standard InChI is InChI=1S/C44H46F3N9O8/c1-54-36-23-28(9-12-34(36)56(43(54)61)35-13-14-37(57)52-41(35)60)6-4-20-63-22-21-62-19-3-2-5-27-7-10-31(11-8-27)55-25-32(38(53-55)39(48)58)50-40(59)33-26-64-42(51-33)29-16-18-49-30(24-29)15-17-44(45,46)47/h7-12,16,18,23-26,35H,2-6,13-15,17,19-22H2,1H3,(H2,48,58)(H,50,59)(H,52,57,60). The highest BCUT2D eigenvalue weighted by molar-refractivity contribution is 6.07. The molecule has 0 saturated carbocycles. The summed E-state index contributed by atoms with van der Waals surface area (Å²) in [6.45, 7) is 2.07. The Balaban J connectivity index is 0.801. The number of rotatable bonds is 20. The summed E-state index contributed by atoms with van der Waals surface area (Å²) in [6, 6.07) is 15.5. The number of imide groups is 1. The Bertz CT molecular complexity index is 2700. The number of nitrogens with two attached hydrogens (primary N) is 1. The van der Waals surface area contributed by atoms with Crippen molar-refractivity contribution in [3.8, 4) is 17.1 Å². The van der Waals surface area contributed by atoms with Gasteiger partial charge in [-0.3, -0.25) is 38.6 Å². The Morgan fingerprint density at radius 3 is 2.39 bits per heavy atom. The molecule has 0 bridgehead atoms. The first-order valence-corrected chi connectivity index (χ1v) is 20.7. The molecule has 1 saturated heterocycles. The molecule has 1 aliphatic rings. The van der Waals surface area contributed by atoms with Crippen LogP contribution in [0.15, 0.2) is 82.5 Å². The molecule has 17 nitrogen and oxygen atoms in total. The lowest BCUT2D eigenvalue weighted by atomic mass is 10.1. The molecule has 336 valence electrons. The van der Waals surface area contributed by atoms with E-state index in [1.165, 1.54) is 38.3 Å². The summed E-state index contributed by atoms with van der Waals surface area (Å²) in [7, 11) is 1.68. The van der Waals surface area contributed by atoms with Gasteiger partial charge < -0.3 is 24.9 Å². The third-order valence-corrected chi connectivity index (χ3v) is 10.7. The number of ether oxygens (including phenoxy) is 2. The SMILES string of the molecule is Cn1c(=O)n(C2CCC(=O)NC2=O)c2ccc(CCCOCCOCCCCc3ccc(-n4cc(NC(=O)c5coc(-c6ccnc(CCC(F)(F)F)c6)n5)c(C(N)=O)n4)cc3)cc21. The topological polar surface area (TPSA) is 220 Å². The number of primary amides is 1. The van der Waals surface area contributed by atoms with E-state index in [0.717, 1.165) is 55.0 Å². The smallest absolute Gasteiger partial charge is 0.389 e. The summed E-state index contributed by atoms with van der Waals surface area (Å²) in [5.74, 6) is -2.38. The Kier molecular flexibility index (Phi) is 14.1. The van der Waals surface area contributed by atoms with Crippen molar-refractivity contribution in [1.29, 1.82) is 0 Å². The largest absolute Gasteiger partial charge is 0.444 e. The van der Waals surface area contributed by atoms with Gasteiger partial charge in [0.15, 0.2) is 11.4 Å². The molecule has 0 radical (unpaired) electrons. The number of aromatic nitrogens is 6. The Morgan fingerprint density at radius 2 is 1.66 bits per heavy atom. The zero-order chi connectivity index (χ0) is 45.4. The number of halogens is 3. The van der Waals surface area contributed by atoms with E-state index < -0.39 is 36.4 Å². The third-order valence-electron chi connectivity index (χ3n) is 10.7. The molecule has 20 heteroatoms. The molecule has 1 atom stereocenters. The number of aryl methyl sites for hydroxylation is 4. The van der Waals surface area contributed by atoms with Crippen molar-refractivity contribution in [1.82, 2.24) is 34.2 Å². The van der Waals surface area contributed by atoms with Crippen LogP contribution in [-0.4, -0.2) is 85.1 Å². The fraction of sp³-hybridized carbons (Fsp3) is 0.364. The van der Waals surface area contributed by atoms with Crippen LogP contribution in [0.2, 0.25) is 0 Å². The second-order valence-corrected chi connectivity index (χ2v) is 15.3. The summed E-state index contributed by atoms with van der Waals surface area (Å²) < 4.78 is 59.4. The average molecular weight is 886 g/mol. The number of nitrogens with one attached hydrogen (secondary N) is 2. The van der Waals surface area contributed by atoms with E-state index in [-0.39, 0.29) is 59.5 Å². The van der Waals surface area contributed by atoms with Gasteiger partial charge >= 0.3 is 11.9 Å². The maximum Gasteiger partial charge on any atom is 0.389 e. The number of unbranched alkanes of at least 4 members (excludes halogenated alkanes) is 1. The molecular formula is C44H46F3N9O8. The van der Waals surface area contributed by atoms with Crippen LogP contribution >= 0.6 is 0 Å². The van der Waals surface area contributed by atoms with Gasteiger partial charge in [-0.25, -0.2) is 14.5 Å². The first-order chi connectivity index (χ1) is 30.7. The van der Waals surface area contributed by atoms with E-state index in [9.17, 15) is 37.1 Å². The normalized spacial score (nSPS) is 14.3. The first-order valence-electron chi connectivity index (χ1n) is 20.7. The van der Waals surface area contributed by atoms with E-state index in [4.69, 9.17) is 19.6 Å². The van der Waals surface area contributed by atoms with Crippen LogP contribution < -0.4 is 22.1 Å². The van der Waals surface area contributed by atoms with Crippen molar-refractivity contribution in [2.45, 2.75) is 70.0 Å². The number of fused-ring (bicyclic) bond motifs is 1. The monoisotopic (exact) mass is 885 g/mol. The Hall–Kier alpha value is -6.93. The predicted octanol–water partition coefficient (Wildman–Crippen LogP) is 5.39. The minimum atomic E-state index is -4.33. The van der Waals surface area contributed by atoms with Gasteiger partial charge in [-0.15, -0.1) is 0 Å². The zero-order valence-electron chi connectivity index (χ0n) is 34.9. The van der Waals surface area contributed by atoms with E-state index >= 15 is 0 Å². The van der Waals surface area contributed by atoms with Crippen LogP contribution in [0.1, 0.15) is 82.4 Å². The molecular weight excluding hydrogens is 840 g/mol. The summed E-state index contributed by atoms with van der Waals surface area (Å²) in [6.07, 6.45) is 2.72. The minimum Gasteiger partial charge on any atom is -0.444 e. The number of anilines is 1. The lowest BCUT2D eigenvalue weighted by molar-refractivity contribution is -0.136. The van der Waals surface area contributed by atoms with Crippen molar-refractivity contribution in [3.05, 3.63) is 112 Å². The third kappa shape index (κ3) is 11.2. The highest BCUT2D eigenvalue weighted by Crippen LogP contribution is 2.26. The van der Waals surface area contributed by atoms with Crippen molar-refractivity contribution in [2.75, 3.05) is 31.7 Å². The highest BCUT2D eigenvalue weighted by Gasteiger charge is 2.31. The van der Waals surface area contributed by atoms with Crippen molar-refractivity contribution in [2.24, 2.45) is 12.8 Å². The van der Waals surface area contributed by atoms with Crippen molar-refractivity contribution < 1.29 is 46.2 Å².